The van der Waals surface area contributed by atoms with E-state index in [1.54, 1.807) is 6.33 Å². The molecule has 1 heterocycles. The van der Waals surface area contributed by atoms with Crippen molar-refractivity contribution in [2.24, 2.45) is 0 Å². The van der Waals surface area contributed by atoms with Gasteiger partial charge in [-0.05, 0) is 34.1 Å². The van der Waals surface area contributed by atoms with Crippen LogP contribution in [0.15, 0.2) is 63.2 Å². The van der Waals surface area contributed by atoms with Crippen LogP contribution in [0.5, 0.6) is 0 Å². The Hall–Kier alpha value is -1.90. The van der Waals surface area contributed by atoms with Crippen molar-refractivity contribution in [1.82, 2.24) is 9.97 Å². The van der Waals surface area contributed by atoms with Crippen molar-refractivity contribution < 1.29 is 0 Å². The maximum absolute atomic E-state index is 9.26. The van der Waals surface area contributed by atoms with Gasteiger partial charge in [0.1, 0.15) is 17.4 Å². The van der Waals surface area contributed by atoms with Crippen molar-refractivity contribution >= 4 is 38.6 Å². The van der Waals surface area contributed by atoms with Crippen LogP contribution in [0.1, 0.15) is 5.56 Å². The van der Waals surface area contributed by atoms with Gasteiger partial charge in [0.25, 0.3) is 0 Å². The van der Waals surface area contributed by atoms with Crippen molar-refractivity contribution in [2.45, 2.75) is 9.92 Å². The molecule has 0 aliphatic heterocycles. The average molecular weight is 342 g/mol. The first-order valence-corrected chi connectivity index (χ1v) is 7.47. The maximum atomic E-state index is 9.26. The van der Waals surface area contributed by atoms with Crippen molar-refractivity contribution in [3.63, 3.8) is 0 Å². The van der Waals surface area contributed by atoms with Gasteiger partial charge in [0.2, 0.25) is 0 Å². The molecule has 20 heavy (non-hydrogen) atoms. The molecule has 0 fully saturated rings. The number of halogens is 1. The van der Waals surface area contributed by atoms with Gasteiger partial charge in [-0.15, -0.1) is 0 Å². The topological polar surface area (TPSA) is 49.6 Å². The summed E-state index contributed by atoms with van der Waals surface area (Å²) >= 11 is 4.88. The van der Waals surface area contributed by atoms with Gasteiger partial charge < -0.3 is 0 Å². The molecule has 3 aromatic rings. The summed E-state index contributed by atoms with van der Waals surface area (Å²) in [5.41, 5.74) is 1.53. The first-order valence-electron chi connectivity index (χ1n) is 5.86. The molecule has 5 heteroatoms. The van der Waals surface area contributed by atoms with Gasteiger partial charge in [0, 0.05) is 14.8 Å². The maximum Gasteiger partial charge on any atom is 0.117 e. The molecular weight excluding hydrogens is 334 g/mol. The fourth-order valence-electron chi connectivity index (χ4n) is 1.86. The van der Waals surface area contributed by atoms with Gasteiger partial charge in [0.05, 0.1) is 11.1 Å². The van der Waals surface area contributed by atoms with E-state index >= 15 is 0 Å². The van der Waals surface area contributed by atoms with Crippen molar-refractivity contribution in [3.8, 4) is 6.07 Å². The van der Waals surface area contributed by atoms with E-state index in [1.165, 1.54) is 11.8 Å². The summed E-state index contributed by atoms with van der Waals surface area (Å²) in [6.07, 6.45) is 1.55. The van der Waals surface area contributed by atoms with Crippen LogP contribution < -0.4 is 0 Å². The first-order chi connectivity index (χ1) is 9.79. The number of fused-ring (bicyclic) bond motifs is 1. The number of nitriles is 1. The molecule has 0 N–H and O–H groups in total. The fourth-order valence-corrected chi connectivity index (χ4v) is 3.44. The third-order valence-electron chi connectivity index (χ3n) is 2.80. The number of nitrogens with zero attached hydrogens (tertiary/aromatic N) is 3. The molecule has 0 saturated carbocycles. The van der Waals surface area contributed by atoms with Crippen molar-refractivity contribution in [1.29, 1.82) is 5.26 Å². The highest BCUT2D eigenvalue weighted by atomic mass is 79.9. The number of aromatic nitrogens is 2. The quantitative estimate of drug-likeness (QED) is 0.647. The number of benzene rings is 2. The molecule has 0 aliphatic carbocycles. The van der Waals surface area contributed by atoms with Crippen molar-refractivity contribution in [2.75, 3.05) is 0 Å². The Labute approximate surface area is 128 Å². The van der Waals surface area contributed by atoms with E-state index in [2.05, 4.69) is 32.0 Å². The molecule has 0 aliphatic rings. The molecular formula is C15H8BrN3S. The molecule has 3 nitrogen and oxygen atoms in total. The highest BCUT2D eigenvalue weighted by molar-refractivity contribution is 9.10. The fraction of sp³-hybridized carbons (Fsp3) is 0. The SMILES string of the molecule is N#Cc1c(Br)cccc1Sc1ncnc2ccccc12. The van der Waals surface area contributed by atoms with Crippen LogP contribution in [0.2, 0.25) is 0 Å². The lowest BCUT2D eigenvalue weighted by molar-refractivity contribution is 1.10. The van der Waals surface area contributed by atoms with E-state index < -0.39 is 0 Å². The number of rotatable bonds is 2. The van der Waals surface area contributed by atoms with Crippen LogP contribution in [0.3, 0.4) is 0 Å². The van der Waals surface area contributed by atoms with Gasteiger partial charge in [-0.2, -0.15) is 5.26 Å². The van der Waals surface area contributed by atoms with Gasteiger partial charge in [-0.3, -0.25) is 0 Å². The normalized spacial score (nSPS) is 10.4. The number of para-hydroxylation sites is 1. The minimum Gasteiger partial charge on any atom is -0.236 e. The highest BCUT2D eigenvalue weighted by Gasteiger charge is 2.10. The van der Waals surface area contributed by atoms with Crippen LogP contribution >= 0.6 is 27.7 Å². The zero-order valence-electron chi connectivity index (χ0n) is 10.2. The van der Waals surface area contributed by atoms with Crippen LogP contribution in [-0.4, -0.2) is 9.97 Å². The van der Waals surface area contributed by atoms with E-state index in [9.17, 15) is 5.26 Å². The molecule has 0 spiro atoms. The van der Waals surface area contributed by atoms with E-state index in [4.69, 9.17) is 0 Å². The molecule has 2 aromatic carbocycles. The summed E-state index contributed by atoms with van der Waals surface area (Å²) in [7, 11) is 0. The Morgan fingerprint density at radius 1 is 1.05 bits per heavy atom. The van der Waals surface area contributed by atoms with E-state index in [-0.39, 0.29) is 0 Å². The Morgan fingerprint density at radius 3 is 2.75 bits per heavy atom. The summed E-state index contributed by atoms with van der Waals surface area (Å²) in [4.78, 5) is 9.46. The summed E-state index contributed by atoms with van der Waals surface area (Å²) in [6, 6.07) is 15.8. The Balaban J connectivity index is 2.11. The summed E-state index contributed by atoms with van der Waals surface area (Å²) in [5.74, 6) is 0. The predicted molar refractivity (Wildman–Crippen MR) is 82.5 cm³/mol. The highest BCUT2D eigenvalue weighted by Crippen LogP contribution is 2.35. The zero-order valence-corrected chi connectivity index (χ0v) is 12.6. The van der Waals surface area contributed by atoms with E-state index in [0.29, 0.717) is 5.56 Å². The molecule has 0 saturated heterocycles. The van der Waals surface area contributed by atoms with Gasteiger partial charge >= 0.3 is 0 Å². The molecule has 3 rings (SSSR count). The minimum absolute atomic E-state index is 0.625. The molecule has 0 unspecified atom stereocenters. The Kier molecular flexibility index (Phi) is 3.68. The number of hydrogen-bond donors (Lipinski definition) is 0. The van der Waals surface area contributed by atoms with E-state index in [1.807, 2.05) is 42.5 Å². The van der Waals surface area contributed by atoms with E-state index in [0.717, 1.165) is 25.3 Å². The smallest absolute Gasteiger partial charge is 0.117 e. The monoisotopic (exact) mass is 341 g/mol. The summed E-state index contributed by atoms with van der Waals surface area (Å²) < 4.78 is 0.795. The third kappa shape index (κ3) is 2.40. The molecule has 0 atom stereocenters. The standard InChI is InChI=1S/C15H8BrN3S/c16-12-5-3-7-14(11(12)8-17)20-15-10-4-1-2-6-13(10)18-9-19-15/h1-7,9H. The van der Waals surface area contributed by atoms with Crippen LogP contribution in [0.25, 0.3) is 10.9 Å². The number of hydrogen-bond acceptors (Lipinski definition) is 4. The second-order valence-corrected chi connectivity index (χ2v) is 5.91. The Bertz CT molecular complexity index is 821. The molecule has 1 aromatic heterocycles. The molecule has 0 radical (unpaired) electrons. The van der Waals surface area contributed by atoms with Crippen molar-refractivity contribution in [3.05, 3.63) is 58.8 Å². The van der Waals surface area contributed by atoms with Crippen LogP contribution in [-0.2, 0) is 0 Å². The first kappa shape index (κ1) is 13.1. The summed E-state index contributed by atoms with van der Waals surface area (Å²) in [5, 5.41) is 11.1. The zero-order chi connectivity index (χ0) is 13.9. The Morgan fingerprint density at radius 2 is 1.90 bits per heavy atom. The second kappa shape index (κ2) is 5.61. The summed E-state index contributed by atoms with van der Waals surface area (Å²) in [6.45, 7) is 0. The van der Waals surface area contributed by atoms with Gasteiger partial charge in [-0.25, -0.2) is 9.97 Å². The average Bonchev–Trinajstić information content (AvgIpc) is 2.48. The largest absolute Gasteiger partial charge is 0.236 e. The lowest BCUT2D eigenvalue weighted by atomic mass is 10.2. The molecule has 0 amide bonds. The van der Waals surface area contributed by atoms with Gasteiger partial charge in [-0.1, -0.05) is 36.0 Å². The molecule has 0 bridgehead atoms. The van der Waals surface area contributed by atoms with Gasteiger partial charge in [0.15, 0.2) is 0 Å². The predicted octanol–water partition coefficient (Wildman–Crippen LogP) is 4.42. The van der Waals surface area contributed by atoms with Crippen LogP contribution in [0, 0.1) is 11.3 Å². The van der Waals surface area contributed by atoms with Crippen LogP contribution in [0.4, 0.5) is 0 Å². The lowest BCUT2D eigenvalue weighted by Gasteiger charge is -2.06. The third-order valence-corrected chi connectivity index (χ3v) is 4.54. The minimum atomic E-state index is 0.625. The molecule has 96 valence electrons. The second-order valence-electron chi connectivity index (χ2n) is 4.02. The lowest BCUT2D eigenvalue weighted by Crippen LogP contribution is -1.88.